The molecule has 0 aliphatic heterocycles. The van der Waals surface area contributed by atoms with Crippen LogP contribution in [-0.2, 0) is 0 Å². The summed E-state index contributed by atoms with van der Waals surface area (Å²) in [5.74, 6) is 0.731. The third-order valence-electron chi connectivity index (χ3n) is 2.94. The minimum Gasteiger partial charge on any atom is -0.198 e. The van der Waals surface area contributed by atoms with Crippen molar-refractivity contribution in [2.45, 2.75) is 53.4 Å². The Morgan fingerprint density at radius 1 is 1.25 bits per heavy atom. The van der Waals surface area contributed by atoms with Crippen LogP contribution >= 0.6 is 0 Å². The van der Waals surface area contributed by atoms with Crippen molar-refractivity contribution >= 4 is 0 Å². The molecule has 0 rings (SSSR count). The standard InChI is InChI=1S/C11H21N/c1-5-10(6-2)8-11(4,7-3)9-12/h10H,5-8H2,1-4H3. The molecule has 12 heavy (non-hydrogen) atoms. The molecular formula is C11H21N. The molecule has 0 fully saturated rings. The van der Waals surface area contributed by atoms with E-state index in [1.54, 1.807) is 0 Å². The van der Waals surface area contributed by atoms with E-state index in [0.717, 1.165) is 18.8 Å². The molecule has 1 heteroatoms. The molecule has 0 bridgehead atoms. The van der Waals surface area contributed by atoms with Gasteiger partial charge in [-0.05, 0) is 25.7 Å². The lowest BCUT2D eigenvalue weighted by molar-refractivity contribution is 0.293. The summed E-state index contributed by atoms with van der Waals surface area (Å²) in [6.45, 7) is 8.60. The molecule has 0 aliphatic rings. The second kappa shape index (κ2) is 5.19. The highest BCUT2D eigenvalue weighted by Gasteiger charge is 2.24. The number of nitriles is 1. The fraction of sp³-hybridized carbons (Fsp3) is 0.909. The summed E-state index contributed by atoms with van der Waals surface area (Å²) >= 11 is 0. The molecule has 0 radical (unpaired) electrons. The van der Waals surface area contributed by atoms with E-state index in [4.69, 9.17) is 5.26 Å². The lowest BCUT2D eigenvalue weighted by Crippen LogP contribution is -2.17. The highest BCUT2D eigenvalue weighted by Crippen LogP contribution is 2.31. The summed E-state index contributed by atoms with van der Waals surface area (Å²) < 4.78 is 0. The van der Waals surface area contributed by atoms with Crippen molar-refractivity contribution in [1.29, 1.82) is 5.26 Å². The predicted octanol–water partition coefficient (Wildman–Crippen LogP) is 3.75. The Hall–Kier alpha value is -0.510. The average Bonchev–Trinajstić information content (AvgIpc) is 2.14. The van der Waals surface area contributed by atoms with Gasteiger partial charge in [0.2, 0.25) is 0 Å². The van der Waals surface area contributed by atoms with Crippen molar-refractivity contribution in [3.05, 3.63) is 0 Å². The monoisotopic (exact) mass is 167 g/mol. The van der Waals surface area contributed by atoms with Gasteiger partial charge in [0.15, 0.2) is 0 Å². The van der Waals surface area contributed by atoms with Crippen molar-refractivity contribution in [2.75, 3.05) is 0 Å². The van der Waals surface area contributed by atoms with Crippen molar-refractivity contribution in [1.82, 2.24) is 0 Å². The van der Waals surface area contributed by atoms with Gasteiger partial charge in [0.05, 0.1) is 11.5 Å². The van der Waals surface area contributed by atoms with E-state index < -0.39 is 0 Å². The van der Waals surface area contributed by atoms with E-state index in [1.807, 2.05) is 0 Å². The molecule has 0 amide bonds. The van der Waals surface area contributed by atoms with Crippen molar-refractivity contribution < 1.29 is 0 Å². The molecule has 0 aliphatic carbocycles. The molecule has 0 N–H and O–H groups in total. The molecule has 1 unspecified atom stereocenters. The molecule has 0 aromatic carbocycles. The van der Waals surface area contributed by atoms with E-state index in [-0.39, 0.29) is 5.41 Å². The van der Waals surface area contributed by atoms with E-state index in [2.05, 4.69) is 33.8 Å². The van der Waals surface area contributed by atoms with Crippen LogP contribution in [0.5, 0.6) is 0 Å². The van der Waals surface area contributed by atoms with Gasteiger partial charge in [-0.1, -0.05) is 33.6 Å². The van der Waals surface area contributed by atoms with E-state index >= 15 is 0 Å². The molecule has 0 saturated carbocycles. The average molecular weight is 167 g/mol. The maximum atomic E-state index is 8.98. The zero-order chi connectivity index (χ0) is 9.61. The van der Waals surface area contributed by atoms with Gasteiger partial charge in [0.1, 0.15) is 0 Å². The van der Waals surface area contributed by atoms with Crippen LogP contribution < -0.4 is 0 Å². The first-order chi connectivity index (χ1) is 5.61. The molecule has 0 aromatic rings. The summed E-state index contributed by atoms with van der Waals surface area (Å²) in [7, 11) is 0. The van der Waals surface area contributed by atoms with Gasteiger partial charge in [0.25, 0.3) is 0 Å². The fourth-order valence-corrected chi connectivity index (χ4v) is 1.48. The van der Waals surface area contributed by atoms with Crippen molar-refractivity contribution in [3.8, 4) is 6.07 Å². The predicted molar refractivity (Wildman–Crippen MR) is 52.7 cm³/mol. The highest BCUT2D eigenvalue weighted by atomic mass is 14.4. The fourth-order valence-electron chi connectivity index (χ4n) is 1.48. The zero-order valence-electron chi connectivity index (χ0n) is 8.85. The first-order valence-electron chi connectivity index (χ1n) is 5.03. The maximum Gasteiger partial charge on any atom is 0.0686 e. The van der Waals surface area contributed by atoms with Crippen LogP contribution in [-0.4, -0.2) is 0 Å². The SMILES string of the molecule is CCC(CC)CC(C)(C#N)CC. The molecule has 0 spiro atoms. The van der Waals surface area contributed by atoms with Crippen LogP contribution in [0.4, 0.5) is 0 Å². The molecular weight excluding hydrogens is 146 g/mol. The number of hydrogen-bond acceptors (Lipinski definition) is 1. The van der Waals surface area contributed by atoms with Gasteiger partial charge in [-0.2, -0.15) is 5.26 Å². The minimum absolute atomic E-state index is 0.0866. The second-order valence-electron chi connectivity index (χ2n) is 3.91. The smallest absolute Gasteiger partial charge is 0.0686 e. The molecule has 0 aromatic heterocycles. The maximum absolute atomic E-state index is 8.98. The normalized spacial score (nSPS) is 15.7. The summed E-state index contributed by atoms with van der Waals surface area (Å²) in [5.41, 5.74) is -0.0866. The first-order valence-corrected chi connectivity index (χ1v) is 5.03. The lowest BCUT2D eigenvalue weighted by Gasteiger charge is -2.24. The second-order valence-corrected chi connectivity index (χ2v) is 3.91. The topological polar surface area (TPSA) is 23.8 Å². The Labute approximate surface area is 76.8 Å². The molecule has 70 valence electrons. The Balaban J connectivity index is 4.11. The van der Waals surface area contributed by atoms with Gasteiger partial charge in [-0.15, -0.1) is 0 Å². The number of nitrogens with zero attached hydrogens (tertiary/aromatic N) is 1. The summed E-state index contributed by atoms with van der Waals surface area (Å²) in [6, 6.07) is 2.43. The summed E-state index contributed by atoms with van der Waals surface area (Å²) in [5, 5.41) is 8.98. The van der Waals surface area contributed by atoms with E-state index in [9.17, 15) is 0 Å². The van der Waals surface area contributed by atoms with Crippen molar-refractivity contribution in [3.63, 3.8) is 0 Å². The van der Waals surface area contributed by atoms with Crippen LogP contribution in [0.3, 0.4) is 0 Å². The highest BCUT2D eigenvalue weighted by molar-refractivity contribution is 4.95. The lowest BCUT2D eigenvalue weighted by atomic mass is 9.78. The van der Waals surface area contributed by atoms with Crippen LogP contribution in [0.2, 0.25) is 0 Å². The third-order valence-corrected chi connectivity index (χ3v) is 2.94. The number of hydrogen-bond donors (Lipinski definition) is 0. The van der Waals surface area contributed by atoms with E-state index in [0.29, 0.717) is 0 Å². The van der Waals surface area contributed by atoms with Crippen LogP contribution in [0.15, 0.2) is 0 Å². The largest absolute Gasteiger partial charge is 0.198 e. The van der Waals surface area contributed by atoms with Crippen LogP contribution in [0.25, 0.3) is 0 Å². The van der Waals surface area contributed by atoms with Gasteiger partial charge < -0.3 is 0 Å². The third kappa shape index (κ3) is 3.26. The Morgan fingerprint density at radius 2 is 1.75 bits per heavy atom. The molecule has 1 atom stereocenters. The van der Waals surface area contributed by atoms with Gasteiger partial charge >= 0.3 is 0 Å². The van der Waals surface area contributed by atoms with Gasteiger partial charge in [0, 0.05) is 0 Å². The van der Waals surface area contributed by atoms with Gasteiger partial charge in [-0.25, -0.2) is 0 Å². The Morgan fingerprint density at radius 3 is 2.00 bits per heavy atom. The van der Waals surface area contributed by atoms with Crippen LogP contribution in [0, 0.1) is 22.7 Å². The van der Waals surface area contributed by atoms with E-state index in [1.165, 1.54) is 12.8 Å². The minimum atomic E-state index is -0.0866. The van der Waals surface area contributed by atoms with Crippen LogP contribution in [0.1, 0.15) is 53.4 Å². The molecule has 0 saturated heterocycles. The number of rotatable bonds is 5. The Bertz CT molecular complexity index is 153. The van der Waals surface area contributed by atoms with Gasteiger partial charge in [-0.3, -0.25) is 0 Å². The molecule has 1 nitrogen and oxygen atoms in total. The molecule has 0 heterocycles. The Kier molecular flexibility index (Phi) is 4.97. The summed E-state index contributed by atoms with van der Waals surface area (Å²) in [4.78, 5) is 0. The first kappa shape index (κ1) is 11.5. The zero-order valence-corrected chi connectivity index (χ0v) is 8.85. The van der Waals surface area contributed by atoms with Crippen molar-refractivity contribution in [2.24, 2.45) is 11.3 Å². The quantitative estimate of drug-likeness (QED) is 0.611. The summed E-state index contributed by atoms with van der Waals surface area (Å²) in [6.07, 6.45) is 4.44.